The molecule has 2 bridgehead atoms. The van der Waals surface area contributed by atoms with Crippen molar-refractivity contribution in [2.45, 2.75) is 46.1 Å². The number of rotatable bonds is 3. The van der Waals surface area contributed by atoms with Crippen molar-refractivity contribution in [3.63, 3.8) is 0 Å². The second-order valence-electron chi connectivity index (χ2n) is 5.50. The summed E-state index contributed by atoms with van der Waals surface area (Å²) in [6, 6.07) is 0. The Kier molecular flexibility index (Phi) is 2.64. The van der Waals surface area contributed by atoms with E-state index in [1.807, 2.05) is 11.8 Å². The summed E-state index contributed by atoms with van der Waals surface area (Å²) in [5.41, 5.74) is 0.604. The van der Waals surface area contributed by atoms with Gasteiger partial charge in [-0.2, -0.15) is 11.8 Å². The van der Waals surface area contributed by atoms with E-state index in [0.29, 0.717) is 5.41 Å². The molecule has 0 aromatic carbocycles. The minimum absolute atomic E-state index is 0.0321. The van der Waals surface area contributed by atoms with Gasteiger partial charge < -0.3 is 5.11 Å². The van der Waals surface area contributed by atoms with Crippen molar-refractivity contribution in [3.05, 3.63) is 0 Å². The third-order valence-electron chi connectivity index (χ3n) is 4.95. The lowest BCUT2D eigenvalue weighted by Gasteiger charge is -2.40. The maximum atomic E-state index is 10.2. The Morgan fingerprint density at radius 2 is 2.14 bits per heavy atom. The first-order valence-electron chi connectivity index (χ1n) is 5.80. The molecule has 1 nitrogen and oxygen atoms in total. The zero-order valence-corrected chi connectivity index (χ0v) is 10.4. The molecule has 2 aliphatic carbocycles. The van der Waals surface area contributed by atoms with Crippen LogP contribution in [0.15, 0.2) is 0 Å². The molecule has 14 heavy (non-hydrogen) atoms. The average Bonchev–Trinajstić information content (AvgIpc) is 2.48. The van der Waals surface area contributed by atoms with Crippen LogP contribution in [0, 0.1) is 16.7 Å². The lowest BCUT2D eigenvalue weighted by molar-refractivity contribution is 0.0168. The van der Waals surface area contributed by atoms with Gasteiger partial charge in [0.25, 0.3) is 0 Å². The molecule has 0 amide bonds. The molecular formula is C12H22OS. The van der Waals surface area contributed by atoms with E-state index in [2.05, 4.69) is 20.8 Å². The number of hydrogen-bond donors (Lipinski definition) is 1. The first kappa shape index (κ1) is 10.8. The average molecular weight is 214 g/mol. The number of hydrogen-bond acceptors (Lipinski definition) is 2. The molecule has 0 radical (unpaired) electrons. The van der Waals surface area contributed by atoms with Crippen LogP contribution in [0.2, 0.25) is 0 Å². The van der Waals surface area contributed by atoms with E-state index in [-0.39, 0.29) is 11.5 Å². The molecule has 82 valence electrons. The number of aliphatic hydroxyl groups is 1. The van der Waals surface area contributed by atoms with Crippen LogP contribution in [0.3, 0.4) is 0 Å². The van der Waals surface area contributed by atoms with Crippen molar-refractivity contribution in [2.24, 2.45) is 16.7 Å². The maximum absolute atomic E-state index is 10.2. The third-order valence-corrected chi connectivity index (χ3v) is 6.08. The van der Waals surface area contributed by atoms with E-state index < -0.39 is 0 Å². The number of thioether (sulfide) groups is 1. The molecule has 2 saturated carbocycles. The maximum Gasteiger partial charge on any atom is 0.0612 e. The molecule has 0 heterocycles. The number of fused-ring (bicyclic) bond motifs is 2. The van der Waals surface area contributed by atoms with Gasteiger partial charge in [0.05, 0.1) is 6.10 Å². The van der Waals surface area contributed by atoms with Crippen molar-refractivity contribution >= 4 is 11.8 Å². The Hall–Kier alpha value is 0.310. The lowest BCUT2D eigenvalue weighted by atomic mass is 9.70. The molecule has 0 aromatic heterocycles. The molecule has 0 spiro atoms. The standard InChI is InChI=1S/C12H22OS/c1-4-14-8-12-6-5-9(7-10(12)13)11(12,2)3/h9-10,13H,4-8H2,1-3H3. The van der Waals surface area contributed by atoms with Gasteiger partial charge >= 0.3 is 0 Å². The highest BCUT2D eigenvalue weighted by atomic mass is 32.2. The van der Waals surface area contributed by atoms with Crippen LogP contribution in [-0.4, -0.2) is 22.7 Å². The summed E-state index contributed by atoms with van der Waals surface area (Å²) in [6.07, 6.45) is 3.61. The molecule has 0 aliphatic heterocycles. The first-order chi connectivity index (χ1) is 6.54. The molecule has 0 aromatic rings. The topological polar surface area (TPSA) is 20.2 Å². The third kappa shape index (κ3) is 1.19. The van der Waals surface area contributed by atoms with Crippen LogP contribution in [0.25, 0.3) is 0 Å². The predicted molar refractivity (Wildman–Crippen MR) is 62.6 cm³/mol. The Morgan fingerprint density at radius 1 is 1.43 bits per heavy atom. The van der Waals surface area contributed by atoms with Gasteiger partial charge in [-0.05, 0) is 36.3 Å². The summed E-state index contributed by atoms with van der Waals surface area (Å²) in [5.74, 6) is 3.11. The van der Waals surface area contributed by atoms with Crippen molar-refractivity contribution in [1.29, 1.82) is 0 Å². The molecule has 2 aliphatic rings. The molecule has 3 unspecified atom stereocenters. The monoisotopic (exact) mass is 214 g/mol. The van der Waals surface area contributed by atoms with Crippen molar-refractivity contribution in [1.82, 2.24) is 0 Å². The van der Waals surface area contributed by atoms with Crippen LogP contribution in [0.4, 0.5) is 0 Å². The second-order valence-corrected chi connectivity index (χ2v) is 6.78. The number of aliphatic hydroxyl groups excluding tert-OH is 1. The van der Waals surface area contributed by atoms with Crippen LogP contribution in [0.5, 0.6) is 0 Å². The van der Waals surface area contributed by atoms with Gasteiger partial charge in [0, 0.05) is 11.2 Å². The molecule has 2 fully saturated rings. The van der Waals surface area contributed by atoms with Gasteiger partial charge in [0.2, 0.25) is 0 Å². The summed E-state index contributed by atoms with van der Waals surface area (Å²) in [6.45, 7) is 6.95. The van der Waals surface area contributed by atoms with Crippen molar-refractivity contribution < 1.29 is 5.11 Å². The quantitative estimate of drug-likeness (QED) is 0.779. The molecule has 3 atom stereocenters. The SMILES string of the molecule is CCSCC12CCC(CC1O)C2(C)C. The molecule has 2 rings (SSSR count). The largest absolute Gasteiger partial charge is 0.392 e. The lowest BCUT2D eigenvalue weighted by Crippen LogP contribution is -2.41. The van der Waals surface area contributed by atoms with Crippen LogP contribution < -0.4 is 0 Å². The van der Waals surface area contributed by atoms with Gasteiger partial charge in [-0.1, -0.05) is 20.8 Å². The van der Waals surface area contributed by atoms with E-state index in [0.717, 1.165) is 18.1 Å². The smallest absolute Gasteiger partial charge is 0.0612 e. The van der Waals surface area contributed by atoms with Crippen molar-refractivity contribution in [2.75, 3.05) is 11.5 Å². The fourth-order valence-corrected chi connectivity index (χ4v) is 4.94. The van der Waals surface area contributed by atoms with E-state index in [9.17, 15) is 5.11 Å². The Bertz CT molecular complexity index is 226. The summed E-state index contributed by atoms with van der Waals surface area (Å²) in [4.78, 5) is 0. The summed E-state index contributed by atoms with van der Waals surface area (Å²) in [7, 11) is 0. The van der Waals surface area contributed by atoms with E-state index in [4.69, 9.17) is 0 Å². The highest BCUT2D eigenvalue weighted by Crippen LogP contribution is 2.66. The van der Waals surface area contributed by atoms with Crippen LogP contribution in [-0.2, 0) is 0 Å². The van der Waals surface area contributed by atoms with Gasteiger partial charge in [-0.25, -0.2) is 0 Å². The normalized spacial score (nSPS) is 44.6. The van der Waals surface area contributed by atoms with Gasteiger partial charge in [-0.15, -0.1) is 0 Å². The predicted octanol–water partition coefficient (Wildman–Crippen LogP) is 2.93. The fourth-order valence-electron chi connectivity index (χ4n) is 3.66. The summed E-state index contributed by atoms with van der Waals surface area (Å²) < 4.78 is 0. The Morgan fingerprint density at radius 3 is 2.57 bits per heavy atom. The second kappa shape index (κ2) is 3.41. The summed E-state index contributed by atoms with van der Waals surface area (Å²) in [5, 5.41) is 10.2. The van der Waals surface area contributed by atoms with E-state index in [1.165, 1.54) is 18.6 Å². The highest BCUT2D eigenvalue weighted by Gasteiger charge is 2.63. The van der Waals surface area contributed by atoms with Gasteiger partial charge in [0.1, 0.15) is 0 Å². The Labute approximate surface area is 91.7 Å². The molecule has 1 N–H and O–H groups in total. The molecule has 2 heteroatoms. The summed E-state index contributed by atoms with van der Waals surface area (Å²) >= 11 is 2.00. The highest BCUT2D eigenvalue weighted by molar-refractivity contribution is 7.99. The van der Waals surface area contributed by atoms with Gasteiger partial charge in [0.15, 0.2) is 0 Å². The van der Waals surface area contributed by atoms with Crippen LogP contribution in [0.1, 0.15) is 40.0 Å². The minimum Gasteiger partial charge on any atom is -0.392 e. The van der Waals surface area contributed by atoms with E-state index >= 15 is 0 Å². The zero-order chi connectivity index (χ0) is 10.4. The zero-order valence-electron chi connectivity index (χ0n) is 9.55. The minimum atomic E-state index is -0.0321. The van der Waals surface area contributed by atoms with Gasteiger partial charge in [-0.3, -0.25) is 0 Å². The van der Waals surface area contributed by atoms with Crippen molar-refractivity contribution in [3.8, 4) is 0 Å². The fraction of sp³-hybridized carbons (Fsp3) is 1.00. The van der Waals surface area contributed by atoms with Crippen LogP contribution >= 0.6 is 11.8 Å². The molecular weight excluding hydrogens is 192 g/mol. The first-order valence-corrected chi connectivity index (χ1v) is 6.96. The van der Waals surface area contributed by atoms with E-state index in [1.54, 1.807) is 0 Å². The molecule has 0 saturated heterocycles. The Balaban J connectivity index is 2.21.